The zero-order valence-electron chi connectivity index (χ0n) is 13.6. The molecule has 1 atom stereocenters. The molecule has 0 radical (unpaired) electrons. The van der Waals surface area contributed by atoms with Gasteiger partial charge in [0.05, 0.1) is 6.61 Å². The van der Waals surface area contributed by atoms with Crippen molar-refractivity contribution in [2.45, 2.75) is 32.7 Å². The Bertz CT molecular complexity index is 387. The minimum Gasteiger partial charge on any atom is -0.381 e. The summed E-state index contributed by atoms with van der Waals surface area (Å²) in [4.78, 5) is 2.44. The fraction of sp³-hybridized carbons (Fsp3) is 0.667. The normalized spacial score (nSPS) is 22.6. The Hall–Kier alpha value is -0.900. The molecule has 0 aliphatic carbocycles. The highest BCUT2D eigenvalue weighted by Crippen LogP contribution is 2.29. The van der Waals surface area contributed by atoms with E-state index >= 15 is 0 Å². The summed E-state index contributed by atoms with van der Waals surface area (Å²) in [5, 5.41) is 3.61. The highest BCUT2D eigenvalue weighted by atomic mass is 16.5. The van der Waals surface area contributed by atoms with E-state index in [1.54, 1.807) is 0 Å². The second-order valence-electron chi connectivity index (χ2n) is 6.49. The second kappa shape index (κ2) is 8.52. The van der Waals surface area contributed by atoms with Crippen molar-refractivity contribution in [3.8, 4) is 0 Å². The Kier molecular flexibility index (Phi) is 6.68. The minimum absolute atomic E-state index is 0.275. The van der Waals surface area contributed by atoms with Gasteiger partial charge in [0.2, 0.25) is 0 Å². The maximum Gasteiger partial charge on any atom is 0.0546 e. The molecule has 1 aliphatic rings. The summed E-state index contributed by atoms with van der Waals surface area (Å²) in [5.74, 6) is 0. The molecule has 0 aromatic heterocycles. The van der Waals surface area contributed by atoms with E-state index in [0.29, 0.717) is 0 Å². The van der Waals surface area contributed by atoms with Crippen molar-refractivity contribution in [3.63, 3.8) is 0 Å². The quantitative estimate of drug-likeness (QED) is 0.745. The molecule has 3 heteroatoms. The molecule has 0 saturated carbocycles. The van der Waals surface area contributed by atoms with Crippen LogP contribution in [0.2, 0.25) is 0 Å². The Morgan fingerprint density at radius 2 is 2.10 bits per heavy atom. The predicted octanol–water partition coefficient (Wildman–Crippen LogP) is 2.91. The van der Waals surface area contributed by atoms with Gasteiger partial charge in [0.1, 0.15) is 0 Å². The highest BCUT2D eigenvalue weighted by Gasteiger charge is 2.33. The van der Waals surface area contributed by atoms with Gasteiger partial charge in [0, 0.05) is 31.7 Å². The van der Waals surface area contributed by atoms with Crippen molar-refractivity contribution in [1.82, 2.24) is 10.2 Å². The van der Waals surface area contributed by atoms with Crippen LogP contribution in [0, 0.1) is 5.41 Å². The van der Waals surface area contributed by atoms with Crippen LogP contribution in [0.3, 0.4) is 0 Å². The van der Waals surface area contributed by atoms with Gasteiger partial charge in [-0.05, 0) is 38.4 Å². The molecule has 0 bridgehead atoms. The zero-order chi connectivity index (χ0) is 15.0. The van der Waals surface area contributed by atoms with E-state index in [-0.39, 0.29) is 5.41 Å². The molecule has 1 aromatic rings. The lowest BCUT2D eigenvalue weighted by Crippen LogP contribution is -2.48. The van der Waals surface area contributed by atoms with Gasteiger partial charge in [-0.3, -0.25) is 0 Å². The number of benzene rings is 1. The van der Waals surface area contributed by atoms with Crippen LogP contribution in [-0.2, 0) is 11.3 Å². The lowest BCUT2D eigenvalue weighted by molar-refractivity contribution is -0.0236. The first kappa shape index (κ1) is 16.5. The smallest absolute Gasteiger partial charge is 0.0546 e. The Labute approximate surface area is 129 Å². The first-order chi connectivity index (χ1) is 10.2. The molecular weight excluding hydrogens is 260 g/mol. The van der Waals surface area contributed by atoms with Gasteiger partial charge >= 0.3 is 0 Å². The number of hydrogen-bond donors (Lipinski definition) is 1. The topological polar surface area (TPSA) is 24.5 Å². The van der Waals surface area contributed by atoms with Crippen LogP contribution >= 0.6 is 0 Å². The molecular formula is C18H30N2O. The third-order valence-electron chi connectivity index (χ3n) is 4.23. The molecule has 118 valence electrons. The lowest BCUT2D eigenvalue weighted by atomic mass is 9.81. The predicted molar refractivity (Wildman–Crippen MR) is 88.4 cm³/mol. The minimum atomic E-state index is 0.275. The van der Waals surface area contributed by atoms with Gasteiger partial charge in [-0.15, -0.1) is 0 Å². The summed E-state index contributed by atoms with van der Waals surface area (Å²) in [6.45, 7) is 8.32. The maximum absolute atomic E-state index is 5.80. The van der Waals surface area contributed by atoms with Crippen LogP contribution < -0.4 is 5.32 Å². The van der Waals surface area contributed by atoms with Gasteiger partial charge in [-0.25, -0.2) is 0 Å². The Balaban J connectivity index is 1.90. The van der Waals surface area contributed by atoms with Gasteiger partial charge in [-0.1, -0.05) is 37.3 Å². The molecule has 21 heavy (non-hydrogen) atoms. The Morgan fingerprint density at radius 1 is 1.29 bits per heavy atom. The van der Waals surface area contributed by atoms with Crippen molar-refractivity contribution < 1.29 is 4.74 Å². The average Bonchev–Trinajstić information content (AvgIpc) is 2.49. The monoisotopic (exact) mass is 290 g/mol. The fourth-order valence-corrected chi connectivity index (χ4v) is 3.28. The highest BCUT2D eigenvalue weighted by molar-refractivity contribution is 5.14. The summed E-state index contributed by atoms with van der Waals surface area (Å²) < 4.78 is 5.80. The summed E-state index contributed by atoms with van der Waals surface area (Å²) in [6, 6.07) is 10.7. The van der Waals surface area contributed by atoms with Gasteiger partial charge < -0.3 is 15.0 Å². The van der Waals surface area contributed by atoms with Crippen molar-refractivity contribution in [1.29, 1.82) is 0 Å². The number of rotatable bonds is 8. The van der Waals surface area contributed by atoms with Crippen LogP contribution in [0.15, 0.2) is 30.3 Å². The molecule has 2 rings (SSSR count). The standard InChI is InChI=1S/C18H30N2O/c1-3-11-19-14-18(10-7-12-21-16-18)15-20(2)13-17-8-5-4-6-9-17/h4-6,8-9,19H,3,7,10-16H2,1-2H3. The summed E-state index contributed by atoms with van der Waals surface area (Å²) in [5.41, 5.74) is 1.66. The van der Waals surface area contributed by atoms with E-state index in [4.69, 9.17) is 4.74 Å². The SMILES string of the molecule is CCCNCC1(CN(C)Cc2ccccc2)CCCOC1. The molecule has 1 unspecified atom stereocenters. The van der Waals surface area contributed by atoms with Crippen LogP contribution in [0.5, 0.6) is 0 Å². The summed E-state index contributed by atoms with van der Waals surface area (Å²) in [7, 11) is 2.23. The first-order valence-electron chi connectivity index (χ1n) is 8.25. The second-order valence-corrected chi connectivity index (χ2v) is 6.49. The number of ether oxygens (including phenoxy) is 1. The fourth-order valence-electron chi connectivity index (χ4n) is 3.28. The molecule has 1 aliphatic heterocycles. The number of nitrogens with one attached hydrogen (secondary N) is 1. The first-order valence-corrected chi connectivity index (χ1v) is 8.25. The molecule has 1 aromatic carbocycles. The summed E-state index contributed by atoms with van der Waals surface area (Å²) >= 11 is 0. The van der Waals surface area contributed by atoms with Crippen molar-refractivity contribution in [3.05, 3.63) is 35.9 Å². The van der Waals surface area contributed by atoms with Crippen LogP contribution in [0.1, 0.15) is 31.7 Å². The van der Waals surface area contributed by atoms with Gasteiger partial charge in [0.25, 0.3) is 0 Å². The van der Waals surface area contributed by atoms with Gasteiger partial charge in [0.15, 0.2) is 0 Å². The van der Waals surface area contributed by atoms with E-state index in [0.717, 1.165) is 39.4 Å². The van der Waals surface area contributed by atoms with Crippen molar-refractivity contribution >= 4 is 0 Å². The summed E-state index contributed by atoms with van der Waals surface area (Å²) in [6.07, 6.45) is 3.65. The number of hydrogen-bond acceptors (Lipinski definition) is 3. The largest absolute Gasteiger partial charge is 0.381 e. The third-order valence-corrected chi connectivity index (χ3v) is 4.23. The van der Waals surface area contributed by atoms with Gasteiger partial charge in [-0.2, -0.15) is 0 Å². The molecule has 3 nitrogen and oxygen atoms in total. The van der Waals surface area contributed by atoms with E-state index in [2.05, 4.69) is 54.5 Å². The van der Waals surface area contributed by atoms with Crippen LogP contribution in [0.4, 0.5) is 0 Å². The lowest BCUT2D eigenvalue weighted by Gasteiger charge is -2.40. The molecule has 1 N–H and O–H groups in total. The van der Waals surface area contributed by atoms with Crippen LogP contribution in [-0.4, -0.2) is 44.8 Å². The van der Waals surface area contributed by atoms with E-state index in [1.165, 1.54) is 24.8 Å². The molecule has 1 saturated heterocycles. The molecule has 0 amide bonds. The van der Waals surface area contributed by atoms with E-state index in [9.17, 15) is 0 Å². The molecule has 1 heterocycles. The number of nitrogens with zero attached hydrogens (tertiary/aromatic N) is 1. The average molecular weight is 290 g/mol. The Morgan fingerprint density at radius 3 is 2.76 bits per heavy atom. The molecule has 0 spiro atoms. The third kappa shape index (κ3) is 5.42. The van der Waals surface area contributed by atoms with E-state index in [1.807, 2.05) is 0 Å². The van der Waals surface area contributed by atoms with Crippen LogP contribution in [0.25, 0.3) is 0 Å². The van der Waals surface area contributed by atoms with Crippen molar-refractivity contribution in [2.24, 2.45) is 5.41 Å². The van der Waals surface area contributed by atoms with E-state index < -0.39 is 0 Å². The van der Waals surface area contributed by atoms with Crippen molar-refractivity contribution in [2.75, 3.05) is 39.9 Å². The zero-order valence-corrected chi connectivity index (χ0v) is 13.6. The molecule has 1 fully saturated rings. The maximum atomic E-state index is 5.80.